The average molecular weight is 346 g/mol. The number of benzene rings is 1. The number of ether oxygens (including phenoxy) is 2. The van der Waals surface area contributed by atoms with Gasteiger partial charge >= 0.3 is 0 Å². The van der Waals surface area contributed by atoms with Crippen LogP contribution in [0.15, 0.2) is 24.3 Å². The van der Waals surface area contributed by atoms with Gasteiger partial charge in [0.15, 0.2) is 11.5 Å². The summed E-state index contributed by atoms with van der Waals surface area (Å²) in [5, 5.41) is 3.06. The summed E-state index contributed by atoms with van der Waals surface area (Å²) in [6, 6.07) is 7.44. The molecule has 2 aliphatic heterocycles. The molecule has 1 aromatic carbocycles. The molecular formula is C19H26N2O4. The maximum atomic E-state index is 12.6. The number of carbonyl (C=O) groups excluding carboxylic acids is 2. The Morgan fingerprint density at radius 3 is 2.32 bits per heavy atom. The van der Waals surface area contributed by atoms with Crippen LogP contribution in [0.4, 0.5) is 0 Å². The number of hydrogen-bond acceptors (Lipinski definition) is 4. The van der Waals surface area contributed by atoms with Crippen LogP contribution in [0.1, 0.15) is 33.6 Å². The number of rotatable bonds is 3. The zero-order valence-corrected chi connectivity index (χ0v) is 15.0. The van der Waals surface area contributed by atoms with Crippen molar-refractivity contribution in [2.24, 2.45) is 5.92 Å². The molecule has 3 rings (SSSR count). The number of piperidine rings is 1. The lowest BCUT2D eigenvalue weighted by atomic mass is 10.0. The number of amides is 2. The molecule has 0 radical (unpaired) electrons. The van der Waals surface area contributed by atoms with E-state index >= 15 is 0 Å². The van der Waals surface area contributed by atoms with E-state index in [0.29, 0.717) is 24.6 Å². The van der Waals surface area contributed by atoms with Crippen LogP contribution >= 0.6 is 0 Å². The summed E-state index contributed by atoms with van der Waals surface area (Å²) < 4.78 is 11.6. The van der Waals surface area contributed by atoms with Crippen molar-refractivity contribution >= 4 is 11.8 Å². The van der Waals surface area contributed by atoms with Gasteiger partial charge < -0.3 is 19.7 Å². The van der Waals surface area contributed by atoms with Crippen molar-refractivity contribution in [3.05, 3.63) is 24.3 Å². The quantitative estimate of drug-likeness (QED) is 0.909. The normalized spacial score (nSPS) is 23.4. The highest BCUT2D eigenvalue weighted by Crippen LogP contribution is 2.33. The Kier molecular flexibility index (Phi) is 5.16. The minimum Gasteiger partial charge on any atom is -0.482 e. The molecule has 1 saturated heterocycles. The third-order valence-electron chi connectivity index (χ3n) is 4.75. The van der Waals surface area contributed by atoms with Crippen LogP contribution < -0.4 is 14.8 Å². The standard InChI is InChI=1S/C19H26N2O4/c1-12(2)19(23)21-10-8-14(9-11-21)20-18(22)17-13(3)24-15-6-4-5-7-16(15)25-17/h4-7,12-14,17H,8-11H2,1-3H3,(H,20,22). The fraction of sp³-hybridized carbons (Fsp3) is 0.579. The Morgan fingerprint density at radius 1 is 1.12 bits per heavy atom. The van der Waals surface area contributed by atoms with Gasteiger partial charge in [0.1, 0.15) is 6.10 Å². The summed E-state index contributed by atoms with van der Waals surface area (Å²) >= 11 is 0. The summed E-state index contributed by atoms with van der Waals surface area (Å²) in [6.45, 7) is 7.03. The molecule has 0 aromatic heterocycles. The molecule has 1 fully saturated rings. The van der Waals surface area contributed by atoms with Crippen molar-refractivity contribution in [2.75, 3.05) is 13.1 Å². The van der Waals surface area contributed by atoms with Crippen LogP contribution in [0.5, 0.6) is 11.5 Å². The molecule has 1 aromatic rings. The van der Waals surface area contributed by atoms with Crippen molar-refractivity contribution < 1.29 is 19.1 Å². The number of fused-ring (bicyclic) bond motifs is 1. The lowest BCUT2D eigenvalue weighted by Crippen LogP contribution is -2.54. The summed E-state index contributed by atoms with van der Waals surface area (Å²) in [7, 11) is 0. The lowest BCUT2D eigenvalue weighted by molar-refractivity contribution is -0.136. The third-order valence-corrected chi connectivity index (χ3v) is 4.75. The van der Waals surface area contributed by atoms with Crippen LogP contribution in [0, 0.1) is 5.92 Å². The molecule has 25 heavy (non-hydrogen) atoms. The van der Waals surface area contributed by atoms with Crippen LogP contribution in [0.2, 0.25) is 0 Å². The van der Waals surface area contributed by atoms with Crippen LogP contribution in [0.25, 0.3) is 0 Å². The smallest absolute Gasteiger partial charge is 0.265 e. The zero-order valence-electron chi connectivity index (χ0n) is 15.0. The van der Waals surface area contributed by atoms with Crippen molar-refractivity contribution in [1.82, 2.24) is 10.2 Å². The molecule has 1 N–H and O–H groups in total. The number of carbonyl (C=O) groups is 2. The summed E-state index contributed by atoms with van der Waals surface area (Å²) in [6.07, 6.45) is 0.522. The van der Waals surface area contributed by atoms with Crippen LogP contribution in [-0.2, 0) is 9.59 Å². The van der Waals surface area contributed by atoms with E-state index in [1.54, 1.807) is 6.07 Å². The molecule has 0 spiro atoms. The average Bonchev–Trinajstić information content (AvgIpc) is 2.61. The number of nitrogens with one attached hydrogen (secondary N) is 1. The minimum absolute atomic E-state index is 0.0137. The predicted octanol–water partition coefficient (Wildman–Crippen LogP) is 1.98. The van der Waals surface area contributed by atoms with Crippen molar-refractivity contribution in [3.63, 3.8) is 0 Å². The Morgan fingerprint density at radius 2 is 1.72 bits per heavy atom. The van der Waals surface area contributed by atoms with E-state index in [0.717, 1.165) is 12.8 Å². The predicted molar refractivity (Wildman–Crippen MR) is 93.5 cm³/mol. The maximum absolute atomic E-state index is 12.6. The number of hydrogen-bond donors (Lipinski definition) is 1. The van der Waals surface area contributed by atoms with E-state index in [2.05, 4.69) is 5.32 Å². The fourth-order valence-corrected chi connectivity index (χ4v) is 3.30. The van der Waals surface area contributed by atoms with E-state index in [9.17, 15) is 9.59 Å². The summed E-state index contributed by atoms with van der Waals surface area (Å²) in [5.41, 5.74) is 0. The van der Waals surface area contributed by atoms with Gasteiger partial charge in [-0.15, -0.1) is 0 Å². The first-order valence-corrected chi connectivity index (χ1v) is 8.97. The summed E-state index contributed by atoms with van der Waals surface area (Å²) in [4.78, 5) is 26.5. The molecule has 2 amide bonds. The monoisotopic (exact) mass is 346 g/mol. The van der Waals surface area contributed by atoms with Gasteiger partial charge in [-0.2, -0.15) is 0 Å². The highest BCUT2D eigenvalue weighted by Gasteiger charge is 2.35. The number of para-hydroxylation sites is 2. The van der Waals surface area contributed by atoms with Gasteiger partial charge in [0.05, 0.1) is 0 Å². The number of likely N-dealkylation sites (tertiary alicyclic amines) is 1. The summed E-state index contributed by atoms with van der Waals surface area (Å²) in [5.74, 6) is 1.30. The fourth-order valence-electron chi connectivity index (χ4n) is 3.30. The Bertz CT molecular complexity index is 638. The molecule has 2 unspecified atom stereocenters. The molecule has 2 atom stereocenters. The molecule has 6 nitrogen and oxygen atoms in total. The van der Waals surface area contributed by atoms with E-state index in [1.807, 2.05) is 43.9 Å². The highest BCUT2D eigenvalue weighted by atomic mass is 16.6. The molecule has 136 valence electrons. The van der Waals surface area contributed by atoms with E-state index in [-0.39, 0.29) is 29.9 Å². The maximum Gasteiger partial charge on any atom is 0.265 e. The first-order chi connectivity index (χ1) is 12.0. The highest BCUT2D eigenvalue weighted by molar-refractivity contribution is 5.82. The van der Waals surface area contributed by atoms with E-state index < -0.39 is 6.10 Å². The second-order valence-corrected chi connectivity index (χ2v) is 7.07. The number of nitrogens with zero attached hydrogens (tertiary/aromatic N) is 1. The first kappa shape index (κ1) is 17.6. The largest absolute Gasteiger partial charge is 0.482 e. The first-order valence-electron chi connectivity index (χ1n) is 8.97. The zero-order chi connectivity index (χ0) is 18.0. The van der Waals surface area contributed by atoms with Gasteiger partial charge in [0.25, 0.3) is 5.91 Å². The van der Waals surface area contributed by atoms with Crippen molar-refractivity contribution in [2.45, 2.75) is 51.9 Å². The Labute approximate surface area is 148 Å². The van der Waals surface area contributed by atoms with E-state index in [1.165, 1.54) is 0 Å². The third kappa shape index (κ3) is 3.89. The molecule has 0 aliphatic carbocycles. The van der Waals surface area contributed by atoms with Crippen molar-refractivity contribution in [3.8, 4) is 11.5 Å². The molecule has 6 heteroatoms. The van der Waals surface area contributed by atoms with Crippen molar-refractivity contribution in [1.29, 1.82) is 0 Å². The molecule has 0 saturated carbocycles. The van der Waals surface area contributed by atoms with Gasteiger partial charge in [-0.05, 0) is 31.9 Å². The Hall–Kier alpha value is -2.24. The van der Waals surface area contributed by atoms with E-state index in [4.69, 9.17) is 9.47 Å². The second-order valence-electron chi connectivity index (χ2n) is 7.07. The topological polar surface area (TPSA) is 67.9 Å². The van der Waals surface area contributed by atoms with Gasteiger partial charge in [-0.1, -0.05) is 26.0 Å². The van der Waals surface area contributed by atoms with Crippen LogP contribution in [0.3, 0.4) is 0 Å². The molecular weight excluding hydrogens is 320 g/mol. The van der Waals surface area contributed by atoms with Gasteiger partial charge in [-0.25, -0.2) is 0 Å². The van der Waals surface area contributed by atoms with Gasteiger partial charge in [0, 0.05) is 25.0 Å². The van der Waals surface area contributed by atoms with Gasteiger partial charge in [0.2, 0.25) is 12.0 Å². The lowest BCUT2D eigenvalue weighted by Gasteiger charge is -2.35. The molecule has 0 bridgehead atoms. The molecule has 2 heterocycles. The van der Waals surface area contributed by atoms with Crippen LogP contribution in [-0.4, -0.2) is 48.1 Å². The van der Waals surface area contributed by atoms with Gasteiger partial charge in [-0.3, -0.25) is 9.59 Å². The SMILES string of the molecule is CC(C)C(=O)N1CCC(NC(=O)C2Oc3ccccc3OC2C)CC1. The Balaban J connectivity index is 1.54. The molecule has 2 aliphatic rings. The minimum atomic E-state index is -0.662. The second kappa shape index (κ2) is 7.33.